The van der Waals surface area contributed by atoms with Crippen LogP contribution in [0.15, 0.2) is 18.2 Å². The Bertz CT molecular complexity index is 600. The summed E-state index contributed by atoms with van der Waals surface area (Å²) in [6.07, 6.45) is 0. The first-order chi connectivity index (χ1) is 9.13. The Morgan fingerprint density at radius 1 is 1.00 bits per heavy atom. The van der Waals surface area contributed by atoms with Crippen LogP contribution in [0.4, 0.5) is 5.69 Å². The van der Waals surface area contributed by atoms with Crippen LogP contribution >= 0.6 is 0 Å². The molecule has 4 heteroatoms. The molecule has 1 N–H and O–H groups in total. The van der Waals surface area contributed by atoms with Crippen molar-refractivity contribution in [3.63, 3.8) is 0 Å². The van der Waals surface area contributed by atoms with Crippen molar-refractivity contribution in [2.75, 3.05) is 38.1 Å². The van der Waals surface area contributed by atoms with E-state index in [4.69, 9.17) is 0 Å². The maximum absolute atomic E-state index is 4.65. The minimum Gasteiger partial charge on any atom is -0.360 e. The molecule has 19 heavy (non-hydrogen) atoms. The fourth-order valence-electron chi connectivity index (χ4n) is 2.56. The summed E-state index contributed by atoms with van der Waals surface area (Å²) in [5.41, 5.74) is 5.31. The van der Waals surface area contributed by atoms with E-state index in [0.29, 0.717) is 0 Å². The Morgan fingerprint density at radius 3 is 2.32 bits per heavy atom. The van der Waals surface area contributed by atoms with E-state index < -0.39 is 0 Å². The molecule has 1 saturated heterocycles. The van der Waals surface area contributed by atoms with Crippen molar-refractivity contribution in [2.45, 2.75) is 13.8 Å². The molecule has 0 radical (unpaired) electrons. The molecule has 1 fully saturated rings. The highest BCUT2D eigenvalue weighted by Crippen LogP contribution is 2.20. The number of piperazine rings is 1. The molecule has 0 saturated carbocycles. The van der Waals surface area contributed by atoms with E-state index in [9.17, 15) is 0 Å². The van der Waals surface area contributed by atoms with Gasteiger partial charge in [0, 0.05) is 5.69 Å². The van der Waals surface area contributed by atoms with Crippen molar-refractivity contribution >= 4 is 16.7 Å². The topological polar surface area (TPSA) is 33.5 Å². The fraction of sp³-hybridized carbons (Fsp3) is 0.467. The van der Waals surface area contributed by atoms with Crippen LogP contribution in [0.5, 0.6) is 0 Å². The second-order valence-corrected chi connectivity index (χ2v) is 5.51. The second kappa shape index (κ2) is 4.78. The number of hydrogen-bond donors (Lipinski definition) is 1. The molecule has 0 atom stereocenters. The quantitative estimate of drug-likeness (QED) is 0.811. The van der Waals surface area contributed by atoms with E-state index in [1.807, 2.05) is 13.8 Å². The van der Waals surface area contributed by atoms with Crippen molar-refractivity contribution in [3.05, 3.63) is 29.6 Å². The molecule has 3 rings (SSSR count). The molecule has 2 heterocycles. The first-order valence-corrected chi connectivity index (χ1v) is 6.95. The molecule has 1 aromatic carbocycles. The molecule has 4 nitrogen and oxygen atoms in total. The van der Waals surface area contributed by atoms with Crippen molar-refractivity contribution < 1.29 is 4.90 Å². The highest BCUT2D eigenvalue weighted by atomic mass is 15.2. The van der Waals surface area contributed by atoms with Gasteiger partial charge in [0.15, 0.2) is 0 Å². The van der Waals surface area contributed by atoms with Gasteiger partial charge in [-0.15, -0.1) is 0 Å². The first-order valence-electron chi connectivity index (χ1n) is 6.95. The monoisotopic (exact) mass is 257 g/mol. The standard InChI is InChI=1S/C15H20N4/c1-11-12(2)17-15-10-13(4-5-14(15)16-11)19-8-6-18(3)7-9-19/h4-5,10H,6-9H2,1-3H3/p+1. The van der Waals surface area contributed by atoms with E-state index in [1.54, 1.807) is 4.90 Å². The van der Waals surface area contributed by atoms with Crippen molar-refractivity contribution in [1.82, 2.24) is 9.97 Å². The number of rotatable bonds is 1. The normalized spacial score (nSPS) is 17.1. The van der Waals surface area contributed by atoms with Gasteiger partial charge in [0.1, 0.15) is 0 Å². The lowest BCUT2D eigenvalue weighted by Crippen LogP contribution is -3.12. The summed E-state index contributed by atoms with van der Waals surface area (Å²) in [7, 11) is 2.26. The molecule has 1 aliphatic rings. The molecular formula is C15H21N4+. The van der Waals surface area contributed by atoms with Gasteiger partial charge >= 0.3 is 0 Å². The molecule has 100 valence electrons. The number of likely N-dealkylation sites (N-methyl/N-ethyl adjacent to an activating group) is 1. The molecule has 0 aliphatic carbocycles. The number of nitrogens with one attached hydrogen (secondary N) is 1. The zero-order chi connectivity index (χ0) is 13.4. The number of aryl methyl sites for hydroxylation is 2. The van der Waals surface area contributed by atoms with Crippen LogP contribution in [0.25, 0.3) is 11.0 Å². The van der Waals surface area contributed by atoms with Gasteiger partial charge in [-0.2, -0.15) is 0 Å². The average molecular weight is 257 g/mol. The molecular weight excluding hydrogens is 236 g/mol. The summed E-state index contributed by atoms with van der Waals surface area (Å²) in [4.78, 5) is 13.3. The Labute approximate surface area is 114 Å². The van der Waals surface area contributed by atoms with Crippen LogP contribution < -0.4 is 9.80 Å². The summed E-state index contributed by atoms with van der Waals surface area (Å²) in [6.45, 7) is 8.69. The molecule has 1 aliphatic heterocycles. The fourth-order valence-corrected chi connectivity index (χ4v) is 2.56. The molecule has 0 amide bonds. The van der Waals surface area contributed by atoms with Crippen LogP contribution in [0.3, 0.4) is 0 Å². The Morgan fingerprint density at radius 2 is 1.63 bits per heavy atom. The molecule has 0 bridgehead atoms. The van der Waals surface area contributed by atoms with E-state index in [2.05, 4.69) is 40.1 Å². The SMILES string of the molecule is Cc1nc2ccc(N3CC[NH+](C)CC3)cc2nc1C. The van der Waals surface area contributed by atoms with Crippen LogP contribution in [-0.2, 0) is 0 Å². The maximum Gasteiger partial charge on any atom is 0.0947 e. The van der Waals surface area contributed by atoms with Crippen LogP contribution in [0, 0.1) is 13.8 Å². The van der Waals surface area contributed by atoms with Crippen molar-refractivity contribution in [2.24, 2.45) is 0 Å². The van der Waals surface area contributed by atoms with E-state index >= 15 is 0 Å². The summed E-state index contributed by atoms with van der Waals surface area (Å²) in [6, 6.07) is 6.44. The Hall–Kier alpha value is -1.68. The predicted molar refractivity (Wildman–Crippen MR) is 77.8 cm³/mol. The number of nitrogens with zero attached hydrogens (tertiary/aromatic N) is 3. The Kier molecular flexibility index (Phi) is 3.11. The minimum atomic E-state index is 0.992. The third-order valence-corrected chi connectivity index (χ3v) is 4.04. The molecule has 0 spiro atoms. The summed E-state index contributed by atoms with van der Waals surface area (Å²) < 4.78 is 0. The largest absolute Gasteiger partial charge is 0.360 e. The maximum atomic E-state index is 4.65. The lowest BCUT2D eigenvalue weighted by Gasteiger charge is -2.31. The molecule has 1 aromatic heterocycles. The van der Waals surface area contributed by atoms with Gasteiger partial charge < -0.3 is 9.80 Å². The predicted octanol–water partition coefficient (Wildman–Crippen LogP) is 0.581. The van der Waals surface area contributed by atoms with Gasteiger partial charge in [-0.3, -0.25) is 0 Å². The highest BCUT2D eigenvalue weighted by molar-refractivity contribution is 5.79. The smallest absolute Gasteiger partial charge is 0.0947 e. The lowest BCUT2D eigenvalue weighted by atomic mass is 10.2. The zero-order valence-corrected chi connectivity index (χ0v) is 11.9. The number of benzene rings is 1. The number of fused-ring (bicyclic) bond motifs is 1. The number of aromatic nitrogens is 2. The second-order valence-electron chi connectivity index (χ2n) is 5.51. The van der Waals surface area contributed by atoms with Crippen molar-refractivity contribution in [1.29, 1.82) is 0 Å². The summed E-state index contributed by atoms with van der Waals surface area (Å²) in [5.74, 6) is 0. The number of hydrogen-bond acceptors (Lipinski definition) is 3. The third-order valence-electron chi connectivity index (χ3n) is 4.04. The first kappa shape index (κ1) is 12.4. The molecule has 0 unspecified atom stereocenters. The summed E-state index contributed by atoms with van der Waals surface area (Å²) in [5, 5.41) is 0. The zero-order valence-electron chi connectivity index (χ0n) is 11.9. The van der Waals surface area contributed by atoms with E-state index in [1.165, 1.54) is 18.8 Å². The van der Waals surface area contributed by atoms with Crippen LogP contribution in [0.2, 0.25) is 0 Å². The van der Waals surface area contributed by atoms with Crippen LogP contribution in [-0.4, -0.2) is 43.2 Å². The molecule has 2 aromatic rings. The van der Waals surface area contributed by atoms with E-state index in [-0.39, 0.29) is 0 Å². The van der Waals surface area contributed by atoms with Gasteiger partial charge in [-0.25, -0.2) is 9.97 Å². The van der Waals surface area contributed by atoms with Gasteiger partial charge in [0.25, 0.3) is 0 Å². The Balaban J connectivity index is 1.95. The number of anilines is 1. The minimum absolute atomic E-state index is 0.992. The van der Waals surface area contributed by atoms with E-state index in [0.717, 1.165) is 35.5 Å². The van der Waals surface area contributed by atoms with Gasteiger partial charge in [-0.1, -0.05) is 0 Å². The highest BCUT2D eigenvalue weighted by Gasteiger charge is 2.17. The van der Waals surface area contributed by atoms with Gasteiger partial charge in [0.05, 0.1) is 55.6 Å². The van der Waals surface area contributed by atoms with Crippen LogP contribution in [0.1, 0.15) is 11.4 Å². The van der Waals surface area contributed by atoms with Gasteiger partial charge in [0.2, 0.25) is 0 Å². The van der Waals surface area contributed by atoms with Crippen molar-refractivity contribution in [3.8, 4) is 0 Å². The third kappa shape index (κ3) is 2.40. The summed E-state index contributed by atoms with van der Waals surface area (Å²) >= 11 is 0. The lowest BCUT2D eigenvalue weighted by molar-refractivity contribution is -0.880. The number of quaternary nitrogens is 1. The average Bonchev–Trinajstić information content (AvgIpc) is 2.40. The van der Waals surface area contributed by atoms with Gasteiger partial charge in [-0.05, 0) is 32.0 Å².